The summed E-state index contributed by atoms with van der Waals surface area (Å²) >= 11 is 0. The van der Waals surface area contributed by atoms with E-state index in [1.54, 1.807) is 0 Å². The Bertz CT molecular complexity index is 2780. The molecular formula is C47H33N3. The van der Waals surface area contributed by atoms with Gasteiger partial charge in [-0.2, -0.15) is 0 Å². The largest absolute Gasteiger partial charge is 0.311 e. The lowest BCUT2D eigenvalue weighted by Crippen LogP contribution is -2.02. The van der Waals surface area contributed by atoms with Gasteiger partial charge in [0.1, 0.15) is 0 Å². The minimum Gasteiger partial charge on any atom is -0.311 e. The van der Waals surface area contributed by atoms with E-state index in [4.69, 9.17) is 4.98 Å². The number of pyridine rings is 1. The first kappa shape index (κ1) is 28.6. The van der Waals surface area contributed by atoms with Gasteiger partial charge in [-0.3, -0.25) is 4.98 Å². The van der Waals surface area contributed by atoms with Crippen molar-refractivity contribution in [2.75, 3.05) is 0 Å². The molecule has 3 heterocycles. The number of hydrogen-bond donors (Lipinski definition) is 0. The molecule has 0 fully saturated rings. The van der Waals surface area contributed by atoms with Crippen LogP contribution in [0.3, 0.4) is 0 Å². The maximum atomic E-state index is 5.01. The Kier molecular flexibility index (Phi) is 6.63. The van der Waals surface area contributed by atoms with E-state index in [1.807, 2.05) is 6.20 Å². The summed E-state index contributed by atoms with van der Waals surface area (Å²) in [5.74, 6) is 0. The predicted octanol–water partition coefficient (Wildman–Crippen LogP) is 12.3. The van der Waals surface area contributed by atoms with Crippen LogP contribution < -0.4 is 0 Å². The van der Waals surface area contributed by atoms with E-state index in [-0.39, 0.29) is 0 Å². The maximum Gasteiger partial charge on any atom is 0.0948 e. The number of aromatic nitrogens is 3. The van der Waals surface area contributed by atoms with E-state index in [9.17, 15) is 0 Å². The number of nitrogens with zero attached hydrogens (tertiary/aromatic N) is 3. The molecule has 0 atom stereocenters. The fraction of sp³-hybridized carbons (Fsp3) is 0.0426. The van der Waals surface area contributed by atoms with Crippen LogP contribution in [0.15, 0.2) is 176 Å². The van der Waals surface area contributed by atoms with E-state index in [0.29, 0.717) is 0 Å². The van der Waals surface area contributed by atoms with Gasteiger partial charge in [0.2, 0.25) is 0 Å². The minimum atomic E-state index is 0.961. The van der Waals surface area contributed by atoms with Gasteiger partial charge in [-0.15, -0.1) is 0 Å². The Labute approximate surface area is 290 Å². The van der Waals surface area contributed by atoms with Crippen molar-refractivity contribution in [3.05, 3.63) is 182 Å². The zero-order chi connectivity index (χ0) is 33.0. The summed E-state index contributed by atoms with van der Waals surface area (Å²) in [5.41, 5.74) is 14.3. The first-order valence-corrected chi connectivity index (χ1v) is 17.4. The lowest BCUT2D eigenvalue weighted by Gasteiger charge is -2.19. The Balaban J connectivity index is 1.19. The molecule has 0 amide bonds. The van der Waals surface area contributed by atoms with Crippen LogP contribution in [0.25, 0.3) is 83.0 Å². The summed E-state index contributed by atoms with van der Waals surface area (Å²) in [6.07, 6.45) is 8.67. The highest BCUT2D eigenvalue weighted by Crippen LogP contribution is 2.42. The summed E-state index contributed by atoms with van der Waals surface area (Å²) in [6.45, 7) is 0. The Hall–Kier alpha value is -6.45. The Morgan fingerprint density at radius 1 is 0.460 bits per heavy atom. The van der Waals surface area contributed by atoms with Gasteiger partial charge in [-0.25, -0.2) is 0 Å². The van der Waals surface area contributed by atoms with Gasteiger partial charge < -0.3 is 9.13 Å². The van der Waals surface area contributed by atoms with Gasteiger partial charge in [-0.1, -0.05) is 115 Å². The van der Waals surface area contributed by atoms with E-state index in [2.05, 4.69) is 179 Å². The van der Waals surface area contributed by atoms with Crippen LogP contribution >= 0.6 is 0 Å². The van der Waals surface area contributed by atoms with Gasteiger partial charge in [-0.05, 0) is 89.7 Å². The van der Waals surface area contributed by atoms with Gasteiger partial charge in [0.15, 0.2) is 0 Å². The molecule has 9 aromatic rings. The summed E-state index contributed by atoms with van der Waals surface area (Å²) in [6, 6.07) is 56.8. The zero-order valence-electron chi connectivity index (χ0n) is 27.5. The summed E-state index contributed by atoms with van der Waals surface area (Å²) in [7, 11) is 0. The third-order valence-corrected chi connectivity index (χ3v) is 10.2. The highest BCUT2D eigenvalue weighted by atomic mass is 15.0. The molecule has 1 aliphatic carbocycles. The van der Waals surface area contributed by atoms with Crippen molar-refractivity contribution < 1.29 is 0 Å². The van der Waals surface area contributed by atoms with Crippen LogP contribution in [0.2, 0.25) is 0 Å². The van der Waals surface area contributed by atoms with Crippen molar-refractivity contribution in [3.8, 4) is 28.1 Å². The summed E-state index contributed by atoms with van der Waals surface area (Å²) in [5, 5.41) is 4.97. The molecule has 0 unspecified atom stereocenters. The molecule has 0 aliphatic heterocycles. The second-order valence-corrected chi connectivity index (χ2v) is 13.1. The fourth-order valence-corrected chi connectivity index (χ4v) is 7.95. The monoisotopic (exact) mass is 639 g/mol. The van der Waals surface area contributed by atoms with E-state index in [1.165, 1.54) is 71.7 Å². The van der Waals surface area contributed by atoms with Crippen LogP contribution in [-0.2, 0) is 0 Å². The highest BCUT2D eigenvalue weighted by Gasteiger charge is 2.21. The molecule has 0 saturated carbocycles. The van der Waals surface area contributed by atoms with Crippen LogP contribution in [0.1, 0.15) is 18.4 Å². The topological polar surface area (TPSA) is 22.8 Å². The molecule has 0 bridgehead atoms. The van der Waals surface area contributed by atoms with Crippen molar-refractivity contribution in [2.45, 2.75) is 12.8 Å². The molecule has 6 aromatic carbocycles. The lowest BCUT2D eigenvalue weighted by molar-refractivity contribution is 0.981. The molecule has 236 valence electrons. The first-order chi connectivity index (χ1) is 24.8. The molecule has 0 N–H and O–H groups in total. The third kappa shape index (κ3) is 4.55. The van der Waals surface area contributed by atoms with Crippen molar-refractivity contribution in [1.29, 1.82) is 0 Å². The molecule has 10 rings (SSSR count). The highest BCUT2D eigenvalue weighted by molar-refractivity contribution is 6.15. The summed E-state index contributed by atoms with van der Waals surface area (Å²) < 4.78 is 4.86. The van der Waals surface area contributed by atoms with Gasteiger partial charge in [0.25, 0.3) is 0 Å². The summed E-state index contributed by atoms with van der Waals surface area (Å²) in [4.78, 5) is 5.01. The standard InChI is InChI=1S/C47H33N3/c1-4-13-32(14-5-1)34-17-12-20-38(29-34)50-45-26-24-36(31-42(45)40-27-28-48-46(47(40)50)33-15-6-2-7-16-33)35-23-25-44-41(30-35)39-21-10-11-22-43(39)49(44)37-18-8-3-9-19-37/h1-11,13-19,21-31H,12,20H2. The molecule has 3 heteroatoms. The van der Waals surface area contributed by atoms with Crippen molar-refractivity contribution >= 4 is 54.9 Å². The van der Waals surface area contributed by atoms with Crippen LogP contribution in [0.4, 0.5) is 0 Å². The average molecular weight is 640 g/mol. The van der Waals surface area contributed by atoms with E-state index >= 15 is 0 Å². The first-order valence-electron chi connectivity index (χ1n) is 17.4. The molecule has 1 aliphatic rings. The van der Waals surface area contributed by atoms with Gasteiger partial charge in [0, 0.05) is 44.7 Å². The number of benzene rings is 6. The van der Waals surface area contributed by atoms with Crippen LogP contribution in [0, 0.1) is 0 Å². The van der Waals surface area contributed by atoms with E-state index < -0.39 is 0 Å². The molecule has 0 spiro atoms. The normalized spacial score (nSPS) is 13.3. The second-order valence-electron chi connectivity index (χ2n) is 13.1. The predicted molar refractivity (Wildman–Crippen MR) is 210 cm³/mol. The minimum absolute atomic E-state index is 0.961. The molecule has 0 radical (unpaired) electrons. The van der Waals surface area contributed by atoms with Crippen molar-refractivity contribution in [3.63, 3.8) is 0 Å². The lowest BCUT2D eigenvalue weighted by atomic mass is 9.97. The average Bonchev–Trinajstić information content (AvgIpc) is 3.71. The van der Waals surface area contributed by atoms with Crippen molar-refractivity contribution in [1.82, 2.24) is 14.1 Å². The van der Waals surface area contributed by atoms with Crippen molar-refractivity contribution in [2.24, 2.45) is 0 Å². The second kappa shape index (κ2) is 11.6. The Morgan fingerprint density at radius 2 is 1.06 bits per heavy atom. The number of fused-ring (bicyclic) bond motifs is 6. The van der Waals surface area contributed by atoms with Gasteiger partial charge in [0.05, 0.1) is 27.8 Å². The molecule has 50 heavy (non-hydrogen) atoms. The van der Waals surface area contributed by atoms with Gasteiger partial charge >= 0.3 is 0 Å². The smallest absolute Gasteiger partial charge is 0.0948 e. The third-order valence-electron chi connectivity index (χ3n) is 10.2. The molecule has 3 nitrogen and oxygen atoms in total. The fourth-order valence-electron chi connectivity index (χ4n) is 7.95. The molecular weight excluding hydrogens is 607 g/mol. The molecule has 0 saturated heterocycles. The van der Waals surface area contributed by atoms with Crippen LogP contribution in [0.5, 0.6) is 0 Å². The number of hydrogen-bond acceptors (Lipinski definition) is 1. The Morgan fingerprint density at radius 3 is 1.80 bits per heavy atom. The molecule has 3 aromatic heterocycles. The number of rotatable bonds is 5. The SMILES string of the molecule is C1=C(c2ccccc2)C=C(n2c3ccc(-c4ccc5c(c4)c4ccccc4n5-c4ccccc4)cc3c3ccnc(-c4ccccc4)c32)CC1. The number of allylic oxidation sites excluding steroid dienone is 4. The van der Waals surface area contributed by atoms with Crippen LogP contribution in [-0.4, -0.2) is 14.1 Å². The zero-order valence-corrected chi connectivity index (χ0v) is 27.5. The number of para-hydroxylation sites is 2. The van der Waals surface area contributed by atoms with E-state index in [0.717, 1.165) is 29.6 Å². The quantitative estimate of drug-likeness (QED) is 0.184. The maximum absolute atomic E-state index is 5.01.